The maximum Gasteiger partial charge on any atom is 0.258 e. The number of nitrogens with one attached hydrogen (secondary N) is 4. The van der Waals surface area contributed by atoms with E-state index < -0.39 is 52.7 Å². The lowest BCUT2D eigenvalue weighted by Crippen LogP contribution is -2.32. The fourth-order valence-corrected chi connectivity index (χ4v) is 7.12. The van der Waals surface area contributed by atoms with Crippen LogP contribution in [0.5, 0.6) is 0 Å². The van der Waals surface area contributed by atoms with E-state index in [-0.39, 0.29) is 43.9 Å². The number of nitrogens with zero attached hydrogens (tertiary/aromatic N) is 4. The number of hydrogen-bond donors (Lipinski definition) is 4. The lowest BCUT2D eigenvalue weighted by atomic mass is 10.1. The molecule has 4 amide bonds. The number of amides is 4. The summed E-state index contributed by atoms with van der Waals surface area (Å²) in [6.45, 7) is 3.95. The molecular weight excluding hydrogens is 938 g/mol. The Morgan fingerprint density at radius 1 is 0.538 bits per heavy atom. The fraction of sp³-hybridized carbons (Fsp3) is 0.217. The molecule has 14 nitrogen and oxygen atoms in total. The molecule has 0 saturated carbocycles. The molecular formula is C46H41Cl5N8O6. The summed E-state index contributed by atoms with van der Waals surface area (Å²) in [4.78, 5) is 78.2. The second kappa shape index (κ2) is 23.8. The first-order valence-corrected chi connectivity index (χ1v) is 22.1. The van der Waals surface area contributed by atoms with Gasteiger partial charge in [0.15, 0.2) is 11.6 Å². The zero-order chi connectivity index (χ0) is 47.2. The van der Waals surface area contributed by atoms with Crippen LogP contribution in [0.1, 0.15) is 63.6 Å². The number of rotatable bonds is 19. The summed E-state index contributed by atoms with van der Waals surface area (Å²) >= 11 is 30.7. The molecule has 5 aromatic carbocycles. The maximum absolute atomic E-state index is 13.5. The predicted octanol–water partition coefficient (Wildman–Crippen LogP) is 11.7. The van der Waals surface area contributed by atoms with Crippen molar-refractivity contribution < 1.29 is 28.8 Å². The Balaban J connectivity index is 1.26. The molecule has 3 atom stereocenters. The average Bonchev–Trinajstić information content (AvgIpc) is 3.25. The highest BCUT2D eigenvalue weighted by molar-refractivity contribution is 6.32. The predicted molar refractivity (Wildman–Crippen MR) is 256 cm³/mol. The minimum atomic E-state index is -1.61. The Morgan fingerprint density at radius 3 is 1.35 bits per heavy atom. The van der Waals surface area contributed by atoms with Crippen LogP contribution in [0.25, 0.3) is 0 Å². The van der Waals surface area contributed by atoms with Crippen LogP contribution in [0.3, 0.4) is 0 Å². The number of anilines is 4. The molecule has 0 aliphatic carbocycles. The molecule has 3 unspecified atom stereocenters. The van der Waals surface area contributed by atoms with Crippen molar-refractivity contribution in [3.63, 3.8) is 0 Å². The summed E-state index contributed by atoms with van der Waals surface area (Å²) in [6.07, 6.45) is 1.37. The van der Waals surface area contributed by atoms with Gasteiger partial charge in [0.05, 0.1) is 16.8 Å². The number of carbonyl (C=O) groups excluding carboxylic acids is 6. The largest absolute Gasteiger partial charge is 0.324 e. The minimum Gasteiger partial charge on any atom is -0.324 e. The molecule has 336 valence electrons. The van der Waals surface area contributed by atoms with E-state index >= 15 is 0 Å². The van der Waals surface area contributed by atoms with Gasteiger partial charge in [-0.1, -0.05) is 47.5 Å². The van der Waals surface area contributed by atoms with Crippen molar-refractivity contribution >= 4 is 127 Å². The van der Waals surface area contributed by atoms with Gasteiger partial charge in [0.2, 0.25) is 12.1 Å². The minimum absolute atomic E-state index is 0.110. The average molecular weight is 979 g/mol. The van der Waals surface area contributed by atoms with Gasteiger partial charge in [0, 0.05) is 55.7 Å². The van der Waals surface area contributed by atoms with Crippen molar-refractivity contribution in [2.75, 3.05) is 33.0 Å². The van der Waals surface area contributed by atoms with Crippen LogP contribution in [0.15, 0.2) is 124 Å². The molecule has 0 bridgehead atoms. The van der Waals surface area contributed by atoms with Crippen LogP contribution >= 0.6 is 58.0 Å². The van der Waals surface area contributed by atoms with Gasteiger partial charge in [-0.15, -0.1) is 34.8 Å². The SMILES string of the molecule is CC(=O)C(N=Nc1cc(Cl)cc(C(=O)Nc2ccc(CCCl)cc2)c1)C(=O)Nc1ccc(NC(=O)C(N=Nc2cc(Cl)cc(C(=O)Nc3ccc(CCCl)cc3)c2)C(C)=O)c(C(C)Cl)c1. The summed E-state index contributed by atoms with van der Waals surface area (Å²) in [5, 5.41) is 26.5. The van der Waals surface area contributed by atoms with Gasteiger partial charge < -0.3 is 21.3 Å². The van der Waals surface area contributed by atoms with Gasteiger partial charge in [-0.25, -0.2) is 0 Å². The van der Waals surface area contributed by atoms with E-state index in [0.29, 0.717) is 41.5 Å². The number of halogens is 5. The normalized spacial score (nSPS) is 12.6. The molecule has 65 heavy (non-hydrogen) atoms. The van der Waals surface area contributed by atoms with Gasteiger partial charge in [-0.3, -0.25) is 28.8 Å². The van der Waals surface area contributed by atoms with Crippen LogP contribution in [-0.4, -0.2) is 59.0 Å². The topological polar surface area (TPSA) is 200 Å². The van der Waals surface area contributed by atoms with Gasteiger partial charge in [-0.05, 0) is 129 Å². The van der Waals surface area contributed by atoms with Crippen molar-refractivity contribution in [1.29, 1.82) is 0 Å². The highest BCUT2D eigenvalue weighted by Crippen LogP contribution is 2.32. The van der Waals surface area contributed by atoms with Gasteiger partial charge >= 0.3 is 0 Å². The van der Waals surface area contributed by atoms with Crippen LogP contribution in [-0.2, 0) is 32.0 Å². The molecule has 5 rings (SSSR count). The number of hydrogen-bond acceptors (Lipinski definition) is 10. The molecule has 0 fully saturated rings. The maximum atomic E-state index is 13.5. The van der Waals surface area contributed by atoms with E-state index in [9.17, 15) is 28.8 Å². The number of aryl methyl sites for hydroxylation is 2. The highest BCUT2D eigenvalue weighted by Gasteiger charge is 2.27. The summed E-state index contributed by atoms with van der Waals surface area (Å²) in [7, 11) is 0. The third-order valence-corrected chi connectivity index (χ3v) is 10.4. The van der Waals surface area contributed by atoms with Crippen molar-refractivity contribution in [3.05, 3.63) is 141 Å². The second-order valence-electron chi connectivity index (χ2n) is 14.4. The van der Waals surface area contributed by atoms with Crippen LogP contribution in [0, 0.1) is 0 Å². The Labute approximate surface area is 399 Å². The highest BCUT2D eigenvalue weighted by atomic mass is 35.5. The Hall–Kier alpha value is -6.03. The van der Waals surface area contributed by atoms with Crippen molar-refractivity contribution in [2.24, 2.45) is 20.5 Å². The van der Waals surface area contributed by atoms with Gasteiger partial charge in [0.25, 0.3) is 23.6 Å². The number of Topliss-reactive ketones (excluding diaryl/α,β-unsaturated/α-hetero) is 2. The quantitative estimate of drug-likeness (QED) is 0.0360. The lowest BCUT2D eigenvalue weighted by Gasteiger charge is -2.17. The van der Waals surface area contributed by atoms with Crippen molar-refractivity contribution in [2.45, 2.75) is 51.1 Å². The summed E-state index contributed by atoms with van der Waals surface area (Å²) in [5.74, 6) is -2.97. The number of benzene rings is 5. The first kappa shape index (κ1) is 50.0. The van der Waals surface area contributed by atoms with E-state index in [1.165, 1.54) is 61.5 Å². The zero-order valence-electron chi connectivity index (χ0n) is 35.0. The first-order chi connectivity index (χ1) is 31.0. The number of carbonyl (C=O) groups is 6. The molecule has 0 spiro atoms. The van der Waals surface area contributed by atoms with Gasteiger partial charge in [-0.2, -0.15) is 20.5 Å². The summed E-state index contributed by atoms with van der Waals surface area (Å²) in [6, 6.07) is 24.0. The lowest BCUT2D eigenvalue weighted by molar-refractivity contribution is -0.127. The Bertz CT molecular complexity index is 2640. The number of alkyl halides is 3. The van der Waals surface area contributed by atoms with Gasteiger partial charge in [0.1, 0.15) is 0 Å². The monoisotopic (exact) mass is 976 g/mol. The molecule has 0 saturated heterocycles. The summed E-state index contributed by atoms with van der Waals surface area (Å²) < 4.78 is 0. The molecule has 0 aliphatic heterocycles. The van der Waals surface area contributed by atoms with Crippen LogP contribution in [0.2, 0.25) is 10.0 Å². The van der Waals surface area contributed by atoms with E-state index in [0.717, 1.165) is 18.1 Å². The smallest absolute Gasteiger partial charge is 0.258 e. The molecule has 0 aromatic heterocycles. The zero-order valence-corrected chi connectivity index (χ0v) is 38.8. The van der Waals surface area contributed by atoms with E-state index in [1.54, 1.807) is 31.2 Å². The van der Waals surface area contributed by atoms with Crippen LogP contribution in [0.4, 0.5) is 34.1 Å². The van der Waals surface area contributed by atoms with Crippen molar-refractivity contribution in [3.8, 4) is 0 Å². The molecule has 19 heteroatoms. The fourth-order valence-electron chi connectivity index (χ4n) is 6.04. The number of ketones is 2. The number of azo groups is 2. The van der Waals surface area contributed by atoms with E-state index in [2.05, 4.69) is 41.7 Å². The molecule has 5 aromatic rings. The standard InChI is InChI=1S/C46H41Cl5N8O6/c1-25(49)39-24-36(54-45(64)41(26(2)60)58-56-37-20-30(18-32(50)22-37)43(62)52-34-8-4-28(5-9-34)14-16-47)12-13-40(39)55-46(65)42(27(3)61)59-57-38-21-31(19-33(51)23-38)44(63)53-35-10-6-29(7-11-35)15-17-48/h4-13,18-25,41-42H,14-17H2,1-3H3,(H,52,62)(H,53,63)(H,54,64)(H,55,65). The second-order valence-corrected chi connectivity index (χ2v) is 16.7. The third kappa shape index (κ3) is 14.7. The van der Waals surface area contributed by atoms with Crippen molar-refractivity contribution in [1.82, 2.24) is 0 Å². The van der Waals surface area contributed by atoms with E-state index in [1.807, 2.05) is 24.3 Å². The molecule has 4 N–H and O–H groups in total. The Kier molecular flexibility index (Phi) is 18.3. The third-order valence-electron chi connectivity index (χ3n) is 9.33. The summed E-state index contributed by atoms with van der Waals surface area (Å²) in [5.41, 5.74) is 4.39. The van der Waals surface area contributed by atoms with Crippen LogP contribution < -0.4 is 21.3 Å². The first-order valence-electron chi connectivity index (χ1n) is 19.8. The Morgan fingerprint density at radius 2 is 0.954 bits per heavy atom. The molecule has 0 aliphatic rings. The molecule has 0 heterocycles. The van der Waals surface area contributed by atoms with E-state index in [4.69, 9.17) is 58.0 Å². The molecule has 0 radical (unpaired) electrons.